The van der Waals surface area contributed by atoms with E-state index in [1.807, 2.05) is 6.07 Å². The predicted molar refractivity (Wildman–Crippen MR) is 106 cm³/mol. The monoisotopic (exact) mass is 420 g/mol. The van der Waals surface area contributed by atoms with Crippen molar-refractivity contribution in [3.8, 4) is 0 Å². The molecular weight excluding hydrogens is 399 g/mol. The van der Waals surface area contributed by atoms with E-state index in [1.165, 1.54) is 46.4 Å². The van der Waals surface area contributed by atoms with E-state index in [-0.39, 0.29) is 22.7 Å². The molecule has 2 aliphatic heterocycles. The van der Waals surface area contributed by atoms with E-state index in [0.717, 1.165) is 24.2 Å². The maximum atomic E-state index is 14.0. The SMILES string of the molecule is O=C(N[C@H]1CCSc2c(F)cccc21)c1ccc(S(=O)(=O)N2CCCC2)cc1. The highest BCUT2D eigenvalue weighted by molar-refractivity contribution is 7.99. The molecule has 0 saturated carbocycles. The minimum Gasteiger partial charge on any atom is -0.345 e. The largest absolute Gasteiger partial charge is 0.345 e. The topological polar surface area (TPSA) is 66.5 Å². The number of benzene rings is 2. The van der Waals surface area contributed by atoms with Crippen LogP contribution < -0.4 is 5.32 Å². The van der Waals surface area contributed by atoms with Crippen LogP contribution in [0.5, 0.6) is 0 Å². The molecule has 0 radical (unpaired) electrons. The molecule has 4 rings (SSSR count). The Morgan fingerprint density at radius 3 is 2.54 bits per heavy atom. The molecular formula is C20H21FN2O3S2. The molecule has 1 atom stereocenters. The second-order valence-corrected chi connectivity index (χ2v) is 10.0. The number of sulfonamides is 1. The van der Waals surface area contributed by atoms with Crippen LogP contribution >= 0.6 is 11.8 Å². The molecule has 2 aromatic carbocycles. The van der Waals surface area contributed by atoms with Gasteiger partial charge in [0.25, 0.3) is 5.91 Å². The summed E-state index contributed by atoms with van der Waals surface area (Å²) in [6, 6.07) is 10.7. The van der Waals surface area contributed by atoms with E-state index in [1.54, 1.807) is 6.07 Å². The van der Waals surface area contributed by atoms with Gasteiger partial charge in [-0.15, -0.1) is 11.8 Å². The molecule has 28 heavy (non-hydrogen) atoms. The normalized spacial score (nSPS) is 20.0. The van der Waals surface area contributed by atoms with Crippen LogP contribution in [0.15, 0.2) is 52.3 Å². The second kappa shape index (κ2) is 7.85. The molecule has 0 bridgehead atoms. The molecule has 8 heteroatoms. The summed E-state index contributed by atoms with van der Waals surface area (Å²) in [5, 5.41) is 2.95. The van der Waals surface area contributed by atoms with Crippen LogP contribution in [0, 0.1) is 5.82 Å². The van der Waals surface area contributed by atoms with Crippen molar-refractivity contribution in [1.82, 2.24) is 9.62 Å². The fraction of sp³-hybridized carbons (Fsp3) is 0.350. The van der Waals surface area contributed by atoms with Gasteiger partial charge in [0.1, 0.15) is 5.82 Å². The average Bonchev–Trinajstić information content (AvgIpc) is 3.25. The Morgan fingerprint density at radius 1 is 1.11 bits per heavy atom. The Bertz CT molecular complexity index is 987. The van der Waals surface area contributed by atoms with Crippen LogP contribution in [-0.4, -0.2) is 37.5 Å². The molecule has 0 unspecified atom stereocenters. The molecule has 148 valence electrons. The van der Waals surface area contributed by atoms with Gasteiger partial charge in [0.2, 0.25) is 10.0 Å². The van der Waals surface area contributed by atoms with Crippen molar-refractivity contribution in [1.29, 1.82) is 0 Å². The summed E-state index contributed by atoms with van der Waals surface area (Å²) in [5.74, 6) is 0.168. The van der Waals surface area contributed by atoms with Gasteiger partial charge < -0.3 is 5.32 Å². The van der Waals surface area contributed by atoms with E-state index in [2.05, 4.69) is 5.32 Å². The van der Waals surface area contributed by atoms with Crippen molar-refractivity contribution in [3.05, 3.63) is 59.4 Å². The lowest BCUT2D eigenvalue weighted by atomic mass is 10.0. The molecule has 5 nitrogen and oxygen atoms in total. The number of fused-ring (bicyclic) bond motifs is 1. The van der Waals surface area contributed by atoms with Gasteiger partial charge in [-0.1, -0.05) is 12.1 Å². The van der Waals surface area contributed by atoms with Gasteiger partial charge in [-0.3, -0.25) is 4.79 Å². The fourth-order valence-corrected chi connectivity index (χ4v) is 6.29. The van der Waals surface area contributed by atoms with Crippen LogP contribution in [0.25, 0.3) is 0 Å². The first-order valence-corrected chi connectivity index (χ1v) is 11.7. The molecule has 0 spiro atoms. The number of nitrogens with one attached hydrogen (secondary N) is 1. The quantitative estimate of drug-likeness (QED) is 0.821. The number of hydrogen-bond donors (Lipinski definition) is 1. The lowest BCUT2D eigenvalue weighted by molar-refractivity contribution is 0.0934. The third kappa shape index (κ3) is 3.68. The van der Waals surface area contributed by atoms with Crippen molar-refractivity contribution in [2.24, 2.45) is 0 Å². The third-order valence-electron chi connectivity index (χ3n) is 5.15. The van der Waals surface area contributed by atoms with Crippen LogP contribution in [0.3, 0.4) is 0 Å². The number of carbonyl (C=O) groups excluding carboxylic acids is 1. The highest BCUT2D eigenvalue weighted by atomic mass is 32.2. The van der Waals surface area contributed by atoms with Gasteiger partial charge in [-0.25, -0.2) is 12.8 Å². The molecule has 1 fully saturated rings. The Morgan fingerprint density at radius 2 is 1.82 bits per heavy atom. The zero-order valence-electron chi connectivity index (χ0n) is 15.2. The summed E-state index contributed by atoms with van der Waals surface area (Å²) in [4.78, 5) is 13.4. The minimum atomic E-state index is -3.50. The van der Waals surface area contributed by atoms with Crippen LogP contribution in [0.4, 0.5) is 4.39 Å². The average molecular weight is 421 g/mol. The summed E-state index contributed by atoms with van der Waals surface area (Å²) >= 11 is 1.46. The standard InChI is InChI=1S/C20H21FN2O3S2/c21-17-5-3-4-16-18(10-13-27-19(16)17)22-20(24)14-6-8-15(9-7-14)28(25,26)23-11-1-2-12-23/h3-9,18H,1-2,10-13H2,(H,22,24)/t18-/m0/s1. The van der Waals surface area contributed by atoms with Gasteiger partial charge >= 0.3 is 0 Å². The summed E-state index contributed by atoms with van der Waals surface area (Å²) in [6.07, 6.45) is 2.47. The van der Waals surface area contributed by atoms with Crippen molar-refractivity contribution >= 4 is 27.7 Å². The number of hydrogen-bond acceptors (Lipinski definition) is 4. The molecule has 1 amide bonds. The molecule has 1 N–H and O–H groups in total. The van der Waals surface area contributed by atoms with E-state index in [0.29, 0.717) is 30.0 Å². The Balaban J connectivity index is 1.50. The van der Waals surface area contributed by atoms with Crippen molar-refractivity contribution < 1.29 is 17.6 Å². The van der Waals surface area contributed by atoms with E-state index in [4.69, 9.17) is 0 Å². The molecule has 2 aliphatic rings. The molecule has 0 aromatic heterocycles. The van der Waals surface area contributed by atoms with Gasteiger partial charge in [0.05, 0.1) is 10.9 Å². The third-order valence-corrected chi connectivity index (χ3v) is 8.22. The van der Waals surface area contributed by atoms with Crippen molar-refractivity contribution in [2.45, 2.75) is 35.1 Å². The number of amides is 1. The second-order valence-electron chi connectivity index (χ2n) is 6.96. The van der Waals surface area contributed by atoms with E-state index in [9.17, 15) is 17.6 Å². The lowest BCUT2D eigenvalue weighted by Crippen LogP contribution is -2.31. The maximum absolute atomic E-state index is 14.0. The van der Waals surface area contributed by atoms with Crippen LogP contribution in [0.1, 0.15) is 41.2 Å². The first kappa shape index (κ1) is 19.4. The number of halogens is 1. The number of carbonyl (C=O) groups is 1. The zero-order valence-corrected chi connectivity index (χ0v) is 16.9. The summed E-state index contributed by atoms with van der Waals surface area (Å²) in [5.41, 5.74) is 1.18. The van der Waals surface area contributed by atoms with E-state index < -0.39 is 10.0 Å². The smallest absolute Gasteiger partial charge is 0.251 e. The summed E-state index contributed by atoms with van der Waals surface area (Å²) in [6.45, 7) is 1.08. The number of thioether (sulfide) groups is 1. The fourth-order valence-electron chi connectivity index (χ4n) is 3.63. The van der Waals surface area contributed by atoms with Gasteiger partial charge in [-0.05, 0) is 55.2 Å². The highest BCUT2D eigenvalue weighted by Crippen LogP contribution is 2.37. The minimum absolute atomic E-state index is 0.201. The molecule has 2 heterocycles. The zero-order chi connectivity index (χ0) is 19.7. The van der Waals surface area contributed by atoms with Crippen LogP contribution in [0.2, 0.25) is 0 Å². The first-order chi connectivity index (χ1) is 13.5. The van der Waals surface area contributed by atoms with Gasteiger partial charge in [-0.2, -0.15) is 4.31 Å². The lowest BCUT2D eigenvalue weighted by Gasteiger charge is -2.26. The number of rotatable bonds is 4. The van der Waals surface area contributed by atoms with E-state index >= 15 is 0 Å². The maximum Gasteiger partial charge on any atom is 0.251 e. The molecule has 0 aliphatic carbocycles. The van der Waals surface area contributed by atoms with Gasteiger partial charge in [0, 0.05) is 29.3 Å². The highest BCUT2D eigenvalue weighted by Gasteiger charge is 2.28. The summed E-state index contributed by atoms with van der Waals surface area (Å²) < 4.78 is 40.7. The molecule has 2 aromatic rings. The van der Waals surface area contributed by atoms with Crippen molar-refractivity contribution in [3.63, 3.8) is 0 Å². The Kier molecular flexibility index (Phi) is 5.44. The Hall–Kier alpha value is -1.90. The number of nitrogens with zero attached hydrogens (tertiary/aromatic N) is 1. The first-order valence-electron chi connectivity index (χ1n) is 9.29. The summed E-state index contributed by atoms with van der Waals surface area (Å²) in [7, 11) is -3.50. The molecule has 1 saturated heterocycles. The van der Waals surface area contributed by atoms with Crippen LogP contribution in [-0.2, 0) is 10.0 Å². The van der Waals surface area contributed by atoms with Crippen molar-refractivity contribution in [2.75, 3.05) is 18.8 Å². The predicted octanol–water partition coefficient (Wildman–Crippen LogP) is 3.58. The Labute approximate surface area is 168 Å². The van der Waals surface area contributed by atoms with Gasteiger partial charge in [0.15, 0.2) is 0 Å².